The highest BCUT2D eigenvalue weighted by Crippen LogP contribution is 2.18. The summed E-state index contributed by atoms with van der Waals surface area (Å²) >= 11 is 0. The average Bonchev–Trinajstić information content (AvgIpc) is 2.23. The molecule has 0 saturated heterocycles. The Morgan fingerprint density at radius 1 is 1.53 bits per heavy atom. The topological polar surface area (TPSA) is 42.0 Å². The van der Waals surface area contributed by atoms with E-state index in [-0.39, 0.29) is 5.91 Å². The van der Waals surface area contributed by atoms with E-state index in [0.29, 0.717) is 11.6 Å². The van der Waals surface area contributed by atoms with E-state index in [2.05, 4.69) is 16.9 Å². The van der Waals surface area contributed by atoms with Gasteiger partial charge in [0.1, 0.15) is 0 Å². The molecule has 3 heteroatoms. The summed E-state index contributed by atoms with van der Waals surface area (Å²) < 4.78 is 0. The van der Waals surface area contributed by atoms with Crippen molar-refractivity contribution in [2.75, 3.05) is 0 Å². The van der Waals surface area contributed by atoms with Crippen LogP contribution in [0.25, 0.3) is 6.08 Å². The van der Waals surface area contributed by atoms with Gasteiger partial charge < -0.3 is 5.32 Å². The summed E-state index contributed by atoms with van der Waals surface area (Å²) in [6.45, 7) is 3.65. The molecule has 1 aliphatic carbocycles. The number of nitrogens with one attached hydrogen (secondary N) is 1. The molecule has 3 nitrogen and oxygen atoms in total. The first-order valence-corrected chi connectivity index (χ1v) is 5.18. The first kappa shape index (κ1) is 9.90. The molecule has 1 N–H and O–H groups in total. The predicted molar refractivity (Wildman–Crippen MR) is 59.4 cm³/mol. The summed E-state index contributed by atoms with van der Waals surface area (Å²) in [5.74, 6) is -0.0316. The zero-order valence-electron chi connectivity index (χ0n) is 8.57. The molecule has 1 heterocycles. The van der Waals surface area contributed by atoms with Gasteiger partial charge in [0.15, 0.2) is 0 Å². The minimum atomic E-state index is -0.0316. The van der Waals surface area contributed by atoms with Crippen LogP contribution in [0.1, 0.15) is 35.2 Å². The molecule has 1 fully saturated rings. The van der Waals surface area contributed by atoms with Crippen LogP contribution in [0.5, 0.6) is 0 Å². The summed E-state index contributed by atoms with van der Waals surface area (Å²) in [5, 5.41) is 2.97. The summed E-state index contributed by atoms with van der Waals surface area (Å²) in [4.78, 5) is 15.7. The second-order valence-corrected chi connectivity index (χ2v) is 3.81. The Morgan fingerprint density at radius 3 is 2.93 bits per heavy atom. The van der Waals surface area contributed by atoms with E-state index in [1.807, 2.05) is 0 Å². The Balaban J connectivity index is 2.06. The number of hydrogen-bond acceptors (Lipinski definition) is 2. The van der Waals surface area contributed by atoms with Gasteiger partial charge in [0.2, 0.25) is 0 Å². The van der Waals surface area contributed by atoms with E-state index < -0.39 is 0 Å². The molecule has 1 aromatic heterocycles. The number of carbonyl (C=O) groups is 1. The summed E-state index contributed by atoms with van der Waals surface area (Å²) in [5.41, 5.74) is 1.48. The van der Waals surface area contributed by atoms with Crippen molar-refractivity contribution in [2.24, 2.45) is 0 Å². The van der Waals surface area contributed by atoms with Gasteiger partial charge in [0.05, 0.1) is 5.56 Å². The van der Waals surface area contributed by atoms with Crippen molar-refractivity contribution in [3.05, 3.63) is 36.2 Å². The summed E-state index contributed by atoms with van der Waals surface area (Å²) in [6, 6.07) is 2.17. The lowest BCUT2D eigenvalue weighted by Gasteiger charge is -2.26. The molecule has 2 rings (SSSR count). The first-order chi connectivity index (χ1) is 7.29. The molecule has 0 atom stereocenters. The van der Waals surface area contributed by atoms with Gasteiger partial charge in [-0.2, -0.15) is 0 Å². The normalized spacial score (nSPS) is 15.5. The van der Waals surface area contributed by atoms with Crippen LogP contribution in [0, 0.1) is 0 Å². The average molecular weight is 202 g/mol. The molecule has 0 aromatic carbocycles. The van der Waals surface area contributed by atoms with Crippen molar-refractivity contribution in [3.8, 4) is 0 Å². The number of rotatable bonds is 3. The van der Waals surface area contributed by atoms with Gasteiger partial charge in [-0.05, 0) is 30.9 Å². The van der Waals surface area contributed by atoms with Gasteiger partial charge in [-0.1, -0.05) is 12.7 Å². The Bertz CT molecular complexity index is 383. The number of pyridine rings is 1. The van der Waals surface area contributed by atoms with Crippen molar-refractivity contribution in [3.63, 3.8) is 0 Å². The fourth-order valence-corrected chi connectivity index (χ4v) is 1.51. The fourth-order valence-electron chi connectivity index (χ4n) is 1.51. The lowest BCUT2D eigenvalue weighted by atomic mass is 9.93. The second kappa shape index (κ2) is 4.26. The molecule has 15 heavy (non-hydrogen) atoms. The molecular weight excluding hydrogens is 188 g/mol. The first-order valence-electron chi connectivity index (χ1n) is 5.18. The van der Waals surface area contributed by atoms with E-state index >= 15 is 0 Å². The van der Waals surface area contributed by atoms with Crippen LogP contribution < -0.4 is 5.32 Å². The molecule has 78 valence electrons. The number of nitrogens with zero attached hydrogens (tertiary/aromatic N) is 1. The third-order valence-electron chi connectivity index (χ3n) is 2.70. The predicted octanol–water partition coefficient (Wildman–Crippen LogP) is 2.01. The van der Waals surface area contributed by atoms with Crippen LogP contribution in [0.3, 0.4) is 0 Å². The van der Waals surface area contributed by atoms with Crippen LogP contribution in [0.15, 0.2) is 25.0 Å². The smallest absolute Gasteiger partial charge is 0.253 e. The number of hydrogen-bond donors (Lipinski definition) is 1. The standard InChI is InChI=1S/C12H14N2O/c1-2-9-6-10(8-13-7-9)12(15)14-11-4-3-5-11/h2,6-8,11H,1,3-5H2,(H,14,15). The van der Waals surface area contributed by atoms with Crippen LogP contribution >= 0.6 is 0 Å². The maximum absolute atomic E-state index is 11.7. The monoisotopic (exact) mass is 202 g/mol. The molecule has 1 aromatic rings. The highest BCUT2D eigenvalue weighted by Gasteiger charge is 2.20. The van der Waals surface area contributed by atoms with Crippen LogP contribution in [-0.4, -0.2) is 16.9 Å². The van der Waals surface area contributed by atoms with Gasteiger partial charge in [0, 0.05) is 18.4 Å². The largest absolute Gasteiger partial charge is 0.349 e. The summed E-state index contributed by atoms with van der Waals surface area (Å²) in [6.07, 6.45) is 8.37. The molecule has 0 aliphatic heterocycles. The van der Waals surface area contributed by atoms with Crippen LogP contribution in [-0.2, 0) is 0 Å². The third-order valence-corrected chi connectivity index (χ3v) is 2.70. The van der Waals surface area contributed by atoms with E-state index in [9.17, 15) is 4.79 Å². The van der Waals surface area contributed by atoms with Crippen molar-refractivity contribution < 1.29 is 4.79 Å². The zero-order valence-corrected chi connectivity index (χ0v) is 8.57. The number of carbonyl (C=O) groups excluding carboxylic acids is 1. The highest BCUT2D eigenvalue weighted by molar-refractivity contribution is 5.94. The molecule has 0 bridgehead atoms. The second-order valence-electron chi connectivity index (χ2n) is 3.81. The lowest BCUT2D eigenvalue weighted by Crippen LogP contribution is -2.39. The van der Waals surface area contributed by atoms with Crippen LogP contribution in [0.2, 0.25) is 0 Å². The maximum Gasteiger partial charge on any atom is 0.253 e. The Morgan fingerprint density at radius 2 is 2.33 bits per heavy atom. The Hall–Kier alpha value is -1.64. The number of aromatic nitrogens is 1. The molecule has 1 aliphatic rings. The van der Waals surface area contributed by atoms with E-state index in [4.69, 9.17) is 0 Å². The van der Waals surface area contributed by atoms with Crippen molar-refractivity contribution in [1.82, 2.24) is 10.3 Å². The Labute approximate surface area is 89.2 Å². The molecule has 1 amide bonds. The quantitative estimate of drug-likeness (QED) is 0.814. The van der Waals surface area contributed by atoms with Crippen molar-refractivity contribution >= 4 is 12.0 Å². The molecule has 0 unspecified atom stereocenters. The maximum atomic E-state index is 11.7. The van der Waals surface area contributed by atoms with Crippen LogP contribution in [0.4, 0.5) is 0 Å². The minimum absolute atomic E-state index is 0.0316. The molecule has 1 saturated carbocycles. The van der Waals surface area contributed by atoms with Gasteiger partial charge >= 0.3 is 0 Å². The SMILES string of the molecule is C=Cc1cncc(C(=O)NC2CCC2)c1. The molecule has 0 radical (unpaired) electrons. The minimum Gasteiger partial charge on any atom is -0.349 e. The highest BCUT2D eigenvalue weighted by atomic mass is 16.1. The third kappa shape index (κ3) is 2.24. The van der Waals surface area contributed by atoms with E-state index in [1.54, 1.807) is 24.5 Å². The zero-order chi connectivity index (χ0) is 10.7. The van der Waals surface area contributed by atoms with E-state index in [0.717, 1.165) is 18.4 Å². The molecular formula is C12H14N2O. The van der Waals surface area contributed by atoms with Crippen molar-refractivity contribution in [1.29, 1.82) is 0 Å². The number of amides is 1. The molecule has 0 spiro atoms. The van der Waals surface area contributed by atoms with Gasteiger partial charge in [-0.15, -0.1) is 0 Å². The van der Waals surface area contributed by atoms with E-state index in [1.165, 1.54) is 6.42 Å². The van der Waals surface area contributed by atoms with Crippen molar-refractivity contribution in [2.45, 2.75) is 25.3 Å². The van der Waals surface area contributed by atoms with Gasteiger partial charge in [-0.3, -0.25) is 9.78 Å². The fraction of sp³-hybridized carbons (Fsp3) is 0.333. The van der Waals surface area contributed by atoms with Gasteiger partial charge in [0.25, 0.3) is 5.91 Å². The Kier molecular flexibility index (Phi) is 2.81. The lowest BCUT2D eigenvalue weighted by molar-refractivity contribution is 0.0916. The van der Waals surface area contributed by atoms with Gasteiger partial charge in [-0.25, -0.2) is 0 Å². The summed E-state index contributed by atoms with van der Waals surface area (Å²) in [7, 11) is 0.